The molecule has 146 valence electrons. The summed E-state index contributed by atoms with van der Waals surface area (Å²) in [6, 6.07) is 16.4. The fourth-order valence-corrected chi connectivity index (χ4v) is 3.07. The molecule has 7 nitrogen and oxygen atoms in total. The lowest BCUT2D eigenvalue weighted by Crippen LogP contribution is -2.32. The molecule has 3 rings (SSSR count). The van der Waals surface area contributed by atoms with E-state index in [1.54, 1.807) is 29.2 Å². The van der Waals surface area contributed by atoms with E-state index in [9.17, 15) is 14.4 Å². The van der Waals surface area contributed by atoms with Gasteiger partial charge in [0, 0.05) is 18.7 Å². The smallest absolute Gasteiger partial charge is 0.324 e. The van der Waals surface area contributed by atoms with Crippen LogP contribution in [0.25, 0.3) is 0 Å². The van der Waals surface area contributed by atoms with Crippen LogP contribution in [-0.2, 0) is 17.9 Å². The maximum absolute atomic E-state index is 13.0. The largest absolute Gasteiger partial charge is 0.334 e. The monoisotopic (exact) mass is 380 g/mol. The minimum absolute atomic E-state index is 0.0327. The van der Waals surface area contributed by atoms with Crippen LogP contribution in [0.2, 0.25) is 0 Å². The van der Waals surface area contributed by atoms with Crippen LogP contribution in [0.4, 0.5) is 4.79 Å². The van der Waals surface area contributed by atoms with E-state index in [2.05, 4.69) is 5.32 Å². The highest BCUT2D eigenvalue weighted by Crippen LogP contribution is 2.14. The van der Waals surface area contributed by atoms with Crippen LogP contribution in [0, 0.1) is 0 Å². The maximum Gasteiger partial charge on any atom is 0.324 e. The molecule has 2 aromatic rings. The van der Waals surface area contributed by atoms with E-state index in [0.717, 1.165) is 17.5 Å². The van der Waals surface area contributed by atoms with Crippen LogP contribution in [0.1, 0.15) is 27.9 Å². The summed E-state index contributed by atoms with van der Waals surface area (Å²) in [4.78, 5) is 39.3. The Labute approximate surface area is 164 Å². The van der Waals surface area contributed by atoms with Gasteiger partial charge < -0.3 is 16.0 Å². The van der Waals surface area contributed by atoms with Crippen molar-refractivity contribution in [2.24, 2.45) is 5.73 Å². The van der Waals surface area contributed by atoms with Gasteiger partial charge in [0.25, 0.3) is 5.91 Å². The van der Waals surface area contributed by atoms with Crippen molar-refractivity contribution in [3.05, 3.63) is 71.3 Å². The van der Waals surface area contributed by atoms with Gasteiger partial charge in [0.05, 0.1) is 13.1 Å². The molecule has 7 heteroatoms. The van der Waals surface area contributed by atoms with Gasteiger partial charge in [-0.25, -0.2) is 4.79 Å². The molecule has 0 radical (unpaired) electrons. The zero-order valence-electron chi connectivity index (χ0n) is 15.6. The summed E-state index contributed by atoms with van der Waals surface area (Å²) in [7, 11) is 0. The summed E-state index contributed by atoms with van der Waals surface area (Å²) in [5.41, 5.74) is 8.04. The fraction of sp³-hybridized carbons (Fsp3) is 0.286. The normalized spacial score (nSPS) is 13.5. The van der Waals surface area contributed by atoms with Crippen molar-refractivity contribution in [1.29, 1.82) is 0 Å². The first-order chi connectivity index (χ1) is 13.6. The average molecular weight is 380 g/mol. The van der Waals surface area contributed by atoms with Gasteiger partial charge in [0.15, 0.2) is 0 Å². The van der Waals surface area contributed by atoms with Crippen LogP contribution in [0.5, 0.6) is 0 Å². The molecule has 3 N–H and O–H groups in total. The first-order valence-corrected chi connectivity index (χ1v) is 9.29. The molecule has 0 atom stereocenters. The third-order valence-corrected chi connectivity index (χ3v) is 4.61. The number of carbonyl (C=O) groups is 3. The summed E-state index contributed by atoms with van der Waals surface area (Å²) in [5.74, 6) is -0.320. The second-order valence-electron chi connectivity index (χ2n) is 6.69. The van der Waals surface area contributed by atoms with Gasteiger partial charge in [-0.2, -0.15) is 0 Å². The zero-order chi connectivity index (χ0) is 19.9. The molecule has 4 amide bonds. The van der Waals surface area contributed by atoms with Crippen molar-refractivity contribution in [3.8, 4) is 0 Å². The van der Waals surface area contributed by atoms with Gasteiger partial charge in [0.1, 0.15) is 0 Å². The Hall–Kier alpha value is -3.19. The summed E-state index contributed by atoms with van der Waals surface area (Å²) >= 11 is 0. The van der Waals surface area contributed by atoms with Crippen molar-refractivity contribution in [2.75, 3.05) is 19.6 Å². The number of nitrogens with zero attached hydrogens (tertiary/aromatic N) is 2. The highest BCUT2D eigenvalue weighted by atomic mass is 16.2. The third-order valence-electron chi connectivity index (χ3n) is 4.61. The minimum atomic E-state index is -0.388. The molecule has 0 unspecified atom stereocenters. The van der Waals surface area contributed by atoms with E-state index in [4.69, 9.17) is 5.73 Å². The summed E-state index contributed by atoms with van der Waals surface area (Å²) < 4.78 is 0. The Morgan fingerprint density at radius 2 is 1.75 bits per heavy atom. The maximum atomic E-state index is 13.0. The number of rotatable bonds is 8. The van der Waals surface area contributed by atoms with E-state index in [0.29, 0.717) is 25.2 Å². The molecule has 1 aliphatic rings. The van der Waals surface area contributed by atoms with Crippen molar-refractivity contribution < 1.29 is 14.4 Å². The Bertz CT molecular complexity index is 820. The van der Waals surface area contributed by atoms with Gasteiger partial charge in [-0.3, -0.25) is 14.5 Å². The average Bonchev–Trinajstić information content (AvgIpc) is 3.04. The number of amides is 4. The number of benzene rings is 2. The molecule has 1 saturated heterocycles. The van der Waals surface area contributed by atoms with Crippen LogP contribution in [0.15, 0.2) is 54.6 Å². The van der Waals surface area contributed by atoms with Crippen molar-refractivity contribution in [2.45, 2.75) is 19.5 Å². The van der Waals surface area contributed by atoms with E-state index < -0.39 is 0 Å². The fourth-order valence-electron chi connectivity index (χ4n) is 3.07. The molecule has 0 spiro atoms. The molecule has 0 aliphatic carbocycles. The molecule has 0 bridgehead atoms. The standard InChI is InChI=1S/C21H24N4O3/c22-11-4-12-24(14-16-5-2-1-3-6-16)20(27)18-9-7-17(8-10-18)15-25-19(26)13-23-21(25)28/h1-3,5-10H,4,11-15,22H2,(H,23,28). The molecule has 28 heavy (non-hydrogen) atoms. The second kappa shape index (κ2) is 9.14. The summed E-state index contributed by atoms with van der Waals surface area (Å²) in [6.07, 6.45) is 0.725. The quantitative estimate of drug-likeness (QED) is 0.682. The Morgan fingerprint density at radius 1 is 1.04 bits per heavy atom. The molecule has 1 aliphatic heterocycles. The van der Waals surface area contributed by atoms with E-state index in [1.165, 1.54) is 4.90 Å². The van der Waals surface area contributed by atoms with Crippen LogP contribution in [-0.4, -0.2) is 47.3 Å². The minimum Gasteiger partial charge on any atom is -0.334 e. The van der Waals surface area contributed by atoms with Gasteiger partial charge >= 0.3 is 6.03 Å². The SMILES string of the molecule is NCCCN(Cc1ccccc1)C(=O)c1ccc(CN2C(=O)CNC2=O)cc1. The zero-order valence-corrected chi connectivity index (χ0v) is 15.6. The lowest BCUT2D eigenvalue weighted by Gasteiger charge is -2.23. The second-order valence-corrected chi connectivity index (χ2v) is 6.69. The molecule has 2 aromatic carbocycles. The van der Waals surface area contributed by atoms with Crippen LogP contribution in [0.3, 0.4) is 0 Å². The molecular weight excluding hydrogens is 356 g/mol. The predicted octanol–water partition coefficient (Wildman–Crippen LogP) is 1.73. The van der Waals surface area contributed by atoms with E-state index in [1.807, 2.05) is 30.3 Å². The Morgan fingerprint density at radius 3 is 2.36 bits per heavy atom. The van der Waals surface area contributed by atoms with Gasteiger partial charge in [0.2, 0.25) is 5.91 Å². The summed E-state index contributed by atoms with van der Waals surface area (Å²) in [6.45, 7) is 1.84. The molecule has 1 fully saturated rings. The number of carbonyl (C=O) groups excluding carboxylic acids is 3. The summed E-state index contributed by atoms with van der Waals surface area (Å²) in [5, 5.41) is 2.49. The Balaban J connectivity index is 1.70. The van der Waals surface area contributed by atoms with Crippen molar-refractivity contribution >= 4 is 17.8 Å². The number of imide groups is 1. The van der Waals surface area contributed by atoms with Crippen LogP contribution < -0.4 is 11.1 Å². The molecule has 1 heterocycles. The number of nitrogens with two attached hydrogens (primary N) is 1. The van der Waals surface area contributed by atoms with Crippen LogP contribution >= 0.6 is 0 Å². The van der Waals surface area contributed by atoms with Gasteiger partial charge in [-0.15, -0.1) is 0 Å². The first-order valence-electron chi connectivity index (χ1n) is 9.29. The lowest BCUT2D eigenvalue weighted by molar-refractivity contribution is -0.125. The van der Waals surface area contributed by atoms with Crippen molar-refractivity contribution in [3.63, 3.8) is 0 Å². The van der Waals surface area contributed by atoms with Gasteiger partial charge in [-0.05, 0) is 36.2 Å². The van der Waals surface area contributed by atoms with Gasteiger partial charge in [-0.1, -0.05) is 42.5 Å². The predicted molar refractivity (Wildman–Crippen MR) is 105 cm³/mol. The number of nitrogens with one attached hydrogen (secondary N) is 1. The highest BCUT2D eigenvalue weighted by molar-refractivity contribution is 6.01. The molecule has 0 saturated carbocycles. The highest BCUT2D eigenvalue weighted by Gasteiger charge is 2.28. The Kier molecular flexibility index (Phi) is 6.39. The van der Waals surface area contributed by atoms with Crippen molar-refractivity contribution in [1.82, 2.24) is 15.1 Å². The first kappa shape index (κ1) is 19.6. The molecular formula is C21H24N4O3. The molecule has 0 aromatic heterocycles. The topological polar surface area (TPSA) is 95.7 Å². The number of hydrogen-bond donors (Lipinski definition) is 2. The third kappa shape index (κ3) is 4.75. The number of urea groups is 1. The number of hydrogen-bond acceptors (Lipinski definition) is 4. The lowest BCUT2D eigenvalue weighted by atomic mass is 10.1. The van der Waals surface area contributed by atoms with E-state index >= 15 is 0 Å². The van der Waals surface area contributed by atoms with E-state index in [-0.39, 0.29) is 30.9 Å².